The van der Waals surface area contributed by atoms with Crippen molar-refractivity contribution in [2.24, 2.45) is 5.92 Å². The maximum atomic E-state index is 13.1. The van der Waals surface area contributed by atoms with Gasteiger partial charge in [-0.1, -0.05) is 60.3 Å². The lowest BCUT2D eigenvalue weighted by atomic mass is 9.98. The van der Waals surface area contributed by atoms with Gasteiger partial charge in [0.1, 0.15) is 16.5 Å². The predicted octanol–water partition coefficient (Wildman–Crippen LogP) is 5.02. The van der Waals surface area contributed by atoms with Crippen molar-refractivity contribution in [1.82, 2.24) is 24.6 Å². The average molecular weight is 548 g/mol. The van der Waals surface area contributed by atoms with Crippen molar-refractivity contribution in [1.29, 1.82) is 0 Å². The standard InChI is InChI=1S/C28H29N5O3S2/c1-2-36-27(35)21-12-9-15-32(17-21)26(34)23-18-37-25(29-23)19-38-28-31-30-24(16-20-10-5-3-6-11-20)33(28)22-13-7-4-8-14-22/h3-8,10-11,13-14,18,21H,2,9,12,15-17,19H2,1H3. The molecule has 0 spiro atoms. The fourth-order valence-electron chi connectivity index (χ4n) is 4.50. The molecule has 8 nitrogen and oxygen atoms in total. The summed E-state index contributed by atoms with van der Waals surface area (Å²) in [4.78, 5) is 31.6. The van der Waals surface area contributed by atoms with Gasteiger partial charge >= 0.3 is 5.97 Å². The number of para-hydroxylation sites is 1. The largest absolute Gasteiger partial charge is 0.466 e. The molecule has 0 saturated carbocycles. The second-order valence-corrected chi connectivity index (χ2v) is 10.9. The van der Waals surface area contributed by atoms with Crippen molar-refractivity contribution < 1.29 is 14.3 Å². The van der Waals surface area contributed by atoms with Gasteiger partial charge in [0, 0.05) is 30.6 Å². The molecular formula is C28H29N5O3S2. The Morgan fingerprint density at radius 3 is 2.61 bits per heavy atom. The van der Waals surface area contributed by atoms with E-state index in [1.54, 1.807) is 29.0 Å². The van der Waals surface area contributed by atoms with Crippen molar-refractivity contribution in [2.75, 3.05) is 19.7 Å². The molecule has 1 saturated heterocycles. The van der Waals surface area contributed by atoms with E-state index in [-0.39, 0.29) is 17.8 Å². The summed E-state index contributed by atoms with van der Waals surface area (Å²) in [5.41, 5.74) is 2.59. The van der Waals surface area contributed by atoms with Crippen molar-refractivity contribution in [3.8, 4) is 5.69 Å². The molecule has 0 aliphatic carbocycles. The van der Waals surface area contributed by atoms with Crippen LogP contribution in [0.25, 0.3) is 5.69 Å². The van der Waals surface area contributed by atoms with E-state index in [1.807, 2.05) is 48.5 Å². The molecule has 4 aromatic rings. The van der Waals surface area contributed by atoms with E-state index < -0.39 is 0 Å². The highest BCUT2D eigenvalue weighted by Crippen LogP contribution is 2.28. The summed E-state index contributed by atoms with van der Waals surface area (Å²) in [5.74, 6) is 0.801. The third-order valence-corrected chi connectivity index (χ3v) is 8.32. The molecule has 1 unspecified atom stereocenters. The zero-order valence-electron chi connectivity index (χ0n) is 21.2. The number of hydrogen-bond acceptors (Lipinski definition) is 8. The number of carbonyl (C=O) groups excluding carboxylic acids is 2. The van der Waals surface area contributed by atoms with Crippen LogP contribution in [0, 0.1) is 5.92 Å². The zero-order chi connectivity index (χ0) is 26.3. The number of ether oxygens (including phenoxy) is 1. The predicted molar refractivity (Wildman–Crippen MR) is 148 cm³/mol. The molecular weight excluding hydrogens is 518 g/mol. The minimum absolute atomic E-state index is 0.135. The lowest BCUT2D eigenvalue weighted by Gasteiger charge is -2.31. The smallest absolute Gasteiger partial charge is 0.310 e. The topological polar surface area (TPSA) is 90.2 Å². The number of likely N-dealkylation sites (tertiary alicyclic amines) is 1. The SMILES string of the molecule is CCOC(=O)C1CCCN(C(=O)c2csc(CSc3nnc(Cc4ccccc4)n3-c3ccccc3)n2)C1. The van der Waals surface area contributed by atoms with Crippen LogP contribution in [0.1, 0.15) is 46.6 Å². The number of esters is 1. The molecule has 1 aliphatic heterocycles. The Bertz CT molecular complexity index is 1370. The second kappa shape index (κ2) is 12.4. The maximum Gasteiger partial charge on any atom is 0.310 e. The van der Waals surface area contributed by atoms with Crippen LogP contribution >= 0.6 is 23.1 Å². The first-order chi connectivity index (χ1) is 18.6. The van der Waals surface area contributed by atoms with Gasteiger partial charge < -0.3 is 9.64 Å². The summed E-state index contributed by atoms with van der Waals surface area (Å²) < 4.78 is 7.25. The Labute approximate surface area is 230 Å². The van der Waals surface area contributed by atoms with Crippen LogP contribution in [0.2, 0.25) is 0 Å². The summed E-state index contributed by atoms with van der Waals surface area (Å²) in [6.07, 6.45) is 2.19. The monoisotopic (exact) mass is 547 g/mol. The van der Waals surface area contributed by atoms with Crippen LogP contribution in [0.5, 0.6) is 0 Å². The van der Waals surface area contributed by atoms with Crippen molar-refractivity contribution in [3.63, 3.8) is 0 Å². The van der Waals surface area contributed by atoms with Gasteiger partial charge in [0.05, 0.1) is 18.3 Å². The molecule has 1 fully saturated rings. The van der Waals surface area contributed by atoms with Crippen LogP contribution in [-0.4, -0.2) is 56.2 Å². The Balaban J connectivity index is 1.28. The maximum absolute atomic E-state index is 13.1. The molecule has 0 N–H and O–H groups in total. The minimum Gasteiger partial charge on any atom is -0.466 e. The van der Waals surface area contributed by atoms with Gasteiger partial charge in [-0.2, -0.15) is 0 Å². The first-order valence-electron chi connectivity index (χ1n) is 12.7. The number of thiazole rings is 1. The zero-order valence-corrected chi connectivity index (χ0v) is 22.8. The van der Waals surface area contributed by atoms with Gasteiger partial charge in [-0.25, -0.2) is 4.98 Å². The molecule has 3 heterocycles. The first kappa shape index (κ1) is 26.1. The molecule has 1 aliphatic rings. The van der Waals surface area contributed by atoms with Gasteiger partial charge in [0.2, 0.25) is 0 Å². The third-order valence-electron chi connectivity index (χ3n) is 6.34. The lowest BCUT2D eigenvalue weighted by Crippen LogP contribution is -2.43. The highest BCUT2D eigenvalue weighted by molar-refractivity contribution is 7.98. The number of thioether (sulfide) groups is 1. The number of piperidine rings is 1. The van der Waals surface area contributed by atoms with Crippen LogP contribution in [0.15, 0.2) is 71.2 Å². The molecule has 0 radical (unpaired) electrons. The van der Waals surface area contributed by atoms with Crippen molar-refractivity contribution in [2.45, 2.75) is 37.1 Å². The normalized spacial score (nSPS) is 15.4. The molecule has 1 atom stereocenters. The minimum atomic E-state index is -0.268. The molecule has 196 valence electrons. The molecule has 0 bridgehead atoms. The summed E-state index contributed by atoms with van der Waals surface area (Å²) in [7, 11) is 0. The molecule has 2 aromatic heterocycles. The Hall–Kier alpha value is -3.50. The fourth-order valence-corrected chi connectivity index (χ4v) is 6.26. The van der Waals surface area contributed by atoms with Gasteiger partial charge in [-0.15, -0.1) is 21.5 Å². The summed E-state index contributed by atoms with van der Waals surface area (Å²) in [5, 5.41) is 12.4. The average Bonchev–Trinajstić information content (AvgIpc) is 3.60. The molecule has 10 heteroatoms. The van der Waals surface area contributed by atoms with Crippen molar-refractivity contribution >= 4 is 35.0 Å². The first-order valence-corrected chi connectivity index (χ1v) is 14.6. The Morgan fingerprint density at radius 1 is 1.08 bits per heavy atom. The van der Waals surface area contributed by atoms with E-state index in [0.29, 0.717) is 37.6 Å². The van der Waals surface area contributed by atoms with E-state index in [4.69, 9.17) is 4.74 Å². The molecule has 1 amide bonds. The summed E-state index contributed by atoms with van der Waals surface area (Å²) in [6.45, 7) is 3.15. The van der Waals surface area contributed by atoms with E-state index in [1.165, 1.54) is 16.9 Å². The van der Waals surface area contributed by atoms with Crippen LogP contribution < -0.4 is 0 Å². The number of amides is 1. The van der Waals surface area contributed by atoms with Gasteiger partial charge in [0.25, 0.3) is 5.91 Å². The van der Waals surface area contributed by atoms with E-state index in [2.05, 4.69) is 31.9 Å². The summed E-state index contributed by atoms with van der Waals surface area (Å²) >= 11 is 3.01. The number of aromatic nitrogens is 4. The number of hydrogen-bond donors (Lipinski definition) is 0. The summed E-state index contributed by atoms with van der Waals surface area (Å²) in [6, 6.07) is 20.3. The fraction of sp³-hybridized carbons (Fsp3) is 0.321. The number of nitrogens with zero attached hydrogens (tertiary/aromatic N) is 5. The highest BCUT2D eigenvalue weighted by Gasteiger charge is 2.30. The second-order valence-electron chi connectivity index (χ2n) is 8.99. The van der Waals surface area contributed by atoms with Gasteiger partial charge in [-0.05, 0) is 37.5 Å². The quantitative estimate of drug-likeness (QED) is 0.215. The molecule has 2 aromatic carbocycles. The van der Waals surface area contributed by atoms with E-state index in [9.17, 15) is 9.59 Å². The van der Waals surface area contributed by atoms with E-state index in [0.717, 1.165) is 34.5 Å². The Morgan fingerprint density at radius 2 is 1.84 bits per heavy atom. The van der Waals surface area contributed by atoms with Crippen LogP contribution in [0.4, 0.5) is 0 Å². The third kappa shape index (κ3) is 6.14. The number of carbonyl (C=O) groups is 2. The molecule has 38 heavy (non-hydrogen) atoms. The molecule has 5 rings (SSSR count). The van der Waals surface area contributed by atoms with Gasteiger partial charge in [-0.3, -0.25) is 14.2 Å². The lowest BCUT2D eigenvalue weighted by molar-refractivity contribution is -0.149. The number of rotatable bonds is 9. The van der Waals surface area contributed by atoms with Crippen molar-refractivity contribution in [3.05, 3.63) is 88.1 Å². The highest BCUT2D eigenvalue weighted by atomic mass is 32.2. The van der Waals surface area contributed by atoms with Crippen LogP contribution in [0.3, 0.4) is 0 Å². The van der Waals surface area contributed by atoms with Crippen LogP contribution in [-0.2, 0) is 21.7 Å². The van der Waals surface area contributed by atoms with Gasteiger partial charge in [0.15, 0.2) is 5.16 Å². The Kier molecular flexibility index (Phi) is 8.50. The van der Waals surface area contributed by atoms with E-state index >= 15 is 0 Å². The number of benzene rings is 2.